The largest absolute Gasteiger partial charge is 0.388 e. The zero-order valence-corrected chi connectivity index (χ0v) is 15.6. The molecule has 0 aromatic heterocycles. The summed E-state index contributed by atoms with van der Waals surface area (Å²) in [6, 6.07) is 18.0. The molecule has 0 radical (unpaired) electrons. The number of aliphatic imine (C=N–C) groups is 1. The third-order valence-electron chi connectivity index (χ3n) is 3.99. The fraction of sp³-hybridized carbons (Fsp3) is 0.381. The molecule has 26 heavy (non-hydrogen) atoms. The van der Waals surface area contributed by atoms with E-state index in [0.717, 1.165) is 29.2 Å². The normalized spacial score (nSPS) is 12.7. The Kier molecular flexibility index (Phi) is 8.66. The molecule has 3 N–H and O–H groups in total. The minimum absolute atomic E-state index is 0.472. The van der Waals surface area contributed by atoms with Crippen LogP contribution in [-0.2, 0) is 17.9 Å². The maximum absolute atomic E-state index is 10.2. The Morgan fingerprint density at radius 2 is 1.73 bits per heavy atom. The lowest BCUT2D eigenvalue weighted by molar-refractivity contribution is 0.168. The van der Waals surface area contributed by atoms with Crippen molar-refractivity contribution >= 4 is 5.96 Å². The lowest BCUT2D eigenvalue weighted by Crippen LogP contribution is -2.38. The second-order valence-electron chi connectivity index (χ2n) is 6.09. The van der Waals surface area contributed by atoms with E-state index in [-0.39, 0.29) is 0 Å². The summed E-state index contributed by atoms with van der Waals surface area (Å²) in [5.74, 6) is 0.758. The highest BCUT2D eigenvalue weighted by atomic mass is 16.5. The monoisotopic (exact) mass is 355 g/mol. The molecule has 0 saturated carbocycles. The Labute approximate surface area is 156 Å². The van der Waals surface area contributed by atoms with Gasteiger partial charge in [-0.2, -0.15) is 0 Å². The van der Waals surface area contributed by atoms with Gasteiger partial charge in [0.1, 0.15) is 0 Å². The first-order valence-electron chi connectivity index (χ1n) is 9.05. The molecule has 0 aliphatic heterocycles. The molecule has 2 aromatic rings. The predicted molar refractivity (Wildman–Crippen MR) is 106 cm³/mol. The fourth-order valence-corrected chi connectivity index (χ4v) is 2.59. The van der Waals surface area contributed by atoms with E-state index in [1.54, 1.807) is 7.11 Å². The second kappa shape index (κ2) is 11.3. The van der Waals surface area contributed by atoms with Crippen LogP contribution in [0.4, 0.5) is 0 Å². The highest BCUT2D eigenvalue weighted by Crippen LogP contribution is 2.14. The van der Waals surface area contributed by atoms with Crippen LogP contribution in [-0.4, -0.2) is 31.3 Å². The number of benzene rings is 2. The van der Waals surface area contributed by atoms with Crippen LogP contribution in [0.15, 0.2) is 59.6 Å². The van der Waals surface area contributed by atoms with Crippen LogP contribution in [0, 0.1) is 0 Å². The van der Waals surface area contributed by atoms with Gasteiger partial charge in [-0.05, 0) is 30.0 Å². The standard InChI is InChI=1S/C21H29N3O2/c1-3-22-21(23-14-13-20(25)19-7-5-4-6-8-19)24-15-17-9-11-18(12-10-17)16-26-2/h4-12,20,25H,3,13-16H2,1-2H3,(H2,22,23,24). The lowest BCUT2D eigenvalue weighted by atomic mass is 10.1. The van der Waals surface area contributed by atoms with Crippen molar-refractivity contribution in [2.24, 2.45) is 4.99 Å². The smallest absolute Gasteiger partial charge is 0.191 e. The van der Waals surface area contributed by atoms with Crippen molar-refractivity contribution in [2.75, 3.05) is 20.2 Å². The van der Waals surface area contributed by atoms with Crippen LogP contribution >= 0.6 is 0 Å². The summed E-state index contributed by atoms with van der Waals surface area (Å²) in [4.78, 5) is 4.61. The van der Waals surface area contributed by atoms with Gasteiger partial charge in [0.15, 0.2) is 5.96 Å². The summed E-state index contributed by atoms with van der Waals surface area (Å²) in [6.07, 6.45) is 0.153. The van der Waals surface area contributed by atoms with E-state index in [9.17, 15) is 5.11 Å². The van der Waals surface area contributed by atoms with E-state index in [1.165, 1.54) is 0 Å². The summed E-state index contributed by atoms with van der Waals surface area (Å²) in [5, 5.41) is 16.7. The van der Waals surface area contributed by atoms with E-state index < -0.39 is 6.10 Å². The number of aliphatic hydroxyl groups is 1. The maximum Gasteiger partial charge on any atom is 0.191 e. The number of hydrogen-bond donors (Lipinski definition) is 3. The molecule has 0 spiro atoms. The lowest BCUT2D eigenvalue weighted by Gasteiger charge is -2.14. The molecule has 0 heterocycles. The van der Waals surface area contributed by atoms with Crippen molar-refractivity contribution in [3.63, 3.8) is 0 Å². The zero-order valence-electron chi connectivity index (χ0n) is 15.6. The van der Waals surface area contributed by atoms with Gasteiger partial charge in [-0.1, -0.05) is 54.6 Å². The van der Waals surface area contributed by atoms with Crippen LogP contribution < -0.4 is 10.6 Å². The fourth-order valence-electron chi connectivity index (χ4n) is 2.59. The van der Waals surface area contributed by atoms with Crippen LogP contribution in [0.5, 0.6) is 0 Å². The first kappa shape index (κ1) is 19.9. The van der Waals surface area contributed by atoms with E-state index in [0.29, 0.717) is 26.1 Å². The molecule has 1 atom stereocenters. The number of methoxy groups -OCH3 is 1. The van der Waals surface area contributed by atoms with Gasteiger partial charge < -0.3 is 20.5 Å². The maximum atomic E-state index is 10.2. The van der Waals surface area contributed by atoms with E-state index in [1.807, 2.05) is 37.3 Å². The second-order valence-corrected chi connectivity index (χ2v) is 6.09. The van der Waals surface area contributed by atoms with Crippen molar-refractivity contribution in [3.8, 4) is 0 Å². The van der Waals surface area contributed by atoms with Gasteiger partial charge in [0.2, 0.25) is 0 Å². The van der Waals surface area contributed by atoms with E-state index >= 15 is 0 Å². The van der Waals surface area contributed by atoms with E-state index in [2.05, 4.69) is 39.9 Å². The number of rotatable bonds is 9. The quantitative estimate of drug-likeness (QED) is 0.478. The average molecular weight is 355 g/mol. The first-order chi connectivity index (χ1) is 12.7. The molecule has 2 aromatic carbocycles. The highest BCUT2D eigenvalue weighted by Gasteiger charge is 2.07. The average Bonchev–Trinajstić information content (AvgIpc) is 2.68. The summed E-state index contributed by atoms with van der Waals surface area (Å²) >= 11 is 0. The number of guanidine groups is 1. The minimum Gasteiger partial charge on any atom is -0.388 e. The van der Waals surface area contributed by atoms with Crippen molar-refractivity contribution in [1.29, 1.82) is 0 Å². The summed E-state index contributed by atoms with van der Waals surface area (Å²) in [7, 11) is 1.70. The van der Waals surface area contributed by atoms with Crippen molar-refractivity contribution in [1.82, 2.24) is 10.6 Å². The SMILES string of the molecule is CCNC(=NCc1ccc(COC)cc1)NCCC(O)c1ccccc1. The molecular formula is C21H29N3O2. The van der Waals surface area contributed by atoms with E-state index in [4.69, 9.17) is 4.74 Å². The molecule has 140 valence electrons. The van der Waals surface area contributed by atoms with Crippen LogP contribution in [0.25, 0.3) is 0 Å². The van der Waals surface area contributed by atoms with Gasteiger partial charge in [-0.3, -0.25) is 0 Å². The Hall–Kier alpha value is -2.37. The molecule has 2 rings (SSSR count). The molecule has 0 aliphatic carbocycles. The number of ether oxygens (including phenoxy) is 1. The van der Waals surface area contributed by atoms with Gasteiger partial charge in [-0.15, -0.1) is 0 Å². The number of nitrogens with one attached hydrogen (secondary N) is 2. The predicted octanol–water partition coefficient (Wildman–Crippen LogP) is 3.01. The van der Waals surface area contributed by atoms with Gasteiger partial charge >= 0.3 is 0 Å². The molecule has 0 fully saturated rings. The van der Waals surface area contributed by atoms with Crippen LogP contribution in [0.2, 0.25) is 0 Å². The molecule has 0 saturated heterocycles. The Bertz CT molecular complexity index is 657. The molecule has 0 aliphatic rings. The molecule has 5 heteroatoms. The molecule has 5 nitrogen and oxygen atoms in total. The Balaban J connectivity index is 1.84. The zero-order chi connectivity index (χ0) is 18.6. The third kappa shape index (κ3) is 6.86. The number of hydrogen-bond acceptors (Lipinski definition) is 3. The first-order valence-corrected chi connectivity index (χ1v) is 9.05. The molecular weight excluding hydrogens is 326 g/mol. The summed E-state index contributed by atoms with van der Waals surface area (Å²) in [5.41, 5.74) is 3.24. The number of nitrogens with zero attached hydrogens (tertiary/aromatic N) is 1. The number of aliphatic hydroxyl groups excluding tert-OH is 1. The molecule has 1 unspecified atom stereocenters. The van der Waals surface area contributed by atoms with Crippen LogP contribution in [0.1, 0.15) is 36.1 Å². The van der Waals surface area contributed by atoms with Crippen LogP contribution in [0.3, 0.4) is 0 Å². The van der Waals surface area contributed by atoms with Gasteiger partial charge in [0.05, 0.1) is 19.3 Å². The minimum atomic E-state index is -0.472. The van der Waals surface area contributed by atoms with Gasteiger partial charge in [0.25, 0.3) is 0 Å². The van der Waals surface area contributed by atoms with Crippen molar-refractivity contribution in [3.05, 3.63) is 71.3 Å². The van der Waals surface area contributed by atoms with Crippen molar-refractivity contribution < 1.29 is 9.84 Å². The topological polar surface area (TPSA) is 65.9 Å². The highest BCUT2D eigenvalue weighted by molar-refractivity contribution is 5.79. The molecule has 0 amide bonds. The molecule has 0 bridgehead atoms. The Morgan fingerprint density at radius 1 is 1.04 bits per heavy atom. The third-order valence-corrected chi connectivity index (χ3v) is 3.99. The Morgan fingerprint density at radius 3 is 2.38 bits per heavy atom. The van der Waals surface area contributed by atoms with Gasteiger partial charge in [-0.25, -0.2) is 4.99 Å². The summed E-state index contributed by atoms with van der Waals surface area (Å²) < 4.78 is 5.13. The van der Waals surface area contributed by atoms with Gasteiger partial charge in [0, 0.05) is 20.2 Å². The van der Waals surface area contributed by atoms with Crippen molar-refractivity contribution in [2.45, 2.75) is 32.6 Å². The summed E-state index contributed by atoms with van der Waals surface area (Å²) in [6.45, 7) is 4.70.